The molecule has 0 atom stereocenters. The van der Waals surface area contributed by atoms with Gasteiger partial charge in [-0.3, -0.25) is 4.79 Å². The van der Waals surface area contributed by atoms with Crippen molar-refractivity contribution >= 4 is 17.2 Å². The Labute approximate surface area is 90.4 Å². The number of methoxy groups -OCH3 is 1. The Balaban J connectivity index is 0.00000196. The summed E-state index contributed by atoms with van der Waals surface area (Å²) in [6.07, 6.45) is 0. The zero-order chi connectivity index (χ0) is 10.6. The second kappa shape index (κ2) is 6.03. The topological polar surface area (TPSA) is 64.3 Å². The van der Waals surface area contributed by atoms with Crippen LogP contribution in [0.4, 0.5) is 11.4 Å². The van der Waals surface area contributed by atoms with Crippen LogP contribution in [-0.2, 0) is 4.74 Å². The van der Waals surface area contributed by atoms with Gasteiger partial charge in [-0.2, -0.15) is 0 Å². The normalized spacial score (nSPS) is 9.20. The predicted octanol–water partition coefficient (Wildman–Crippen LogP) is 1.78. The van der Waals surface area contributed by atoms with Crippen molar-refractivity contribution in [3.63, 3.8) is 0 Å². The number of ether oxygens (including phenoxy) is 1. The number of Topliss-reactive ketones (excluding diaryl/α,β-unsaturated/α-hetero) is 1. The van der Waals surface area contributed by atoms with Crippen molar-refractivity contribution < 1.29 is 9.53 Å². The third-order valence-corrected chi connectivity index (χ3v) is 1.92. The van der Waals surface area contributed by atoms with Crippen molar-refractivity contribution in [3.05, 3.63) is 23.8 Å². The first-order chi connectivity index (χ1) is 6.69. The molecule has 0 bridgehead atoms. The summed E-state index contributed by atoms with van der Waals surface area (Å²) >= 11 is 0. The molecule has 0 amide bonds. The summed E-state index contributed by atoms with van der Waals surface area (Å²) in [5, 5.41) is 2.93. The lowest BCUT2D eigenvalue weighted by molar-refractivity contribution is 0.0848. The van der Waals surface area contributed by atoms with Crippen LogP contribution in [0.5, 0.6) is 0 Å². The number of anilines is 2. The fourth-order valence-corrected chi connectivity index (χ4v) is 1.18. The van der Waals surface area contributed by atoms with Gasteiger partial charge in [0.1, 0.15) is 6.61 Å². The zero-order valence-electron chi connectivity index (χ0n) is 8.33. The molecule has 0 fully saturated rings. The summed E-state index contributed by atoms with van der Waals surface area (Å²) in [4.78, 5) is 11.4. The smallest absolute Gasteiger partial charge is 0.188 e. The van der Waals surface area contributed by atoms with E-state index in [1.165, 1.54) is 7.11 Å². The van der Waals surface area contributed by atoms with Crippen molar-refractivity contribution in [2.75, 3.05) is 31.8 Å². The van der Waals surface area contributed by atoms with Crippen molar-refractivity contribution in [1.82, 2.24) is 0 Å². The molecule has 0 aliphatic heterocycles. The molecule has 4 heteroatoms. The van der Waals surface area contributed by atoms with E-state index in [0.717, 1.165) is 5.69 Å². The highest BCUT2D eigenvalue weighted by Crippen LogP contribution is 2.19. The lowest BCUT2D eigenvalue weighted by Crippen LogP contribution is -2.08. The van der Waals surface area contributed by atoms with Crippen LogP contribution in [-0.4, -0.2) is 26.5 Å². The number of carbonyl (C=O) groups excluding carboxylic acids is 1. The highest BCUT2D eigenvalue weighted by Gasteiger charge is 2.06. The number of nitrogen functional groups attached to an aromatic ring is 1. The minimum atomic E-state index is -0.0677. The molecular formula is C11H18N2O2. The molecule has 0 aliphatic rings. The Morgan fingerprint density at radius 2 is 2.20 bits per heavy atom. The molecule has 1 aromatic carbocycles. The molecule has 0 saturated heterocycles. The third-order valence-electron chi connectivity index (χ3n) is 1.92. The maximum atomic E-state index is 11.4. The molecule has 84 valence electrons. The SMILES string of the molecule is C.CNc1ccc(C(=O)COC)cc1N. The molecule has 15 heavy (non-hydrogen) atoms. The van der Waals surface area contributed by atoms with E-state index in [1.807, 2.05) is 0 Å². The largest absolute Gasteiger partial charge is 0.397 e. The Morgan fingerprint density at radius 3 is 2.67 bits per heavy atom. The summed E-state index contributed by atoms with van der Waals surface area (Å²) in [6.45, 7) is 0.0817. The van der Waals surface area contributed by atoms with Crippen molar-refractivity contribution in [2.24, 2.45) is 0 Å². The number of nitrogens with one attached hydrogen (secondary N) is 1. The molecule has 4 nitrogen and oxygen atoms in total. The van der Waals surface area contributed by atoms with Gasteiger partial charge in [-0.05, 0) is 18.2 Å². The molecule has 0 aliphatic carbocycles. The maximum Gasteiger partial charge on any atom is 0.188 e. The highest BCUT2D eigenvalue weighted by molar-refractivity contribution is 5.98. The van der Waals surface area contributed by atoms with E-state index >= 15 is 0 Å². The number of ketones is 1. The van der Waals surface area contributed by atoms with Gasteiger partial charge < -0.3 is 15.8 Å². The van der Waals surface area contributed by atoms with E-state index in [2.05, 4.69) is 5.32 Å². The van der Waals surface area contributed by atoms with E-state index in [9.17, 15) is 4.79 Å². The van der Waals surface area contributed by atoms with Crippen molar-refractivity contribution in [2.45, 2.75) is 7.43 Å². The van der Waals surface area contributed by atoms with Crippen LogP contribution in [0.2, 0.25) is 0 Å². The molecule has 0 aromatic heterocycles. The monoisotopic (exact) mass is 210 g/mol. The Bertz CT molecular complexity index is 337. The summed E-state index contributed by atoms with van der Waals surface area (Å²) in [5.74, 6) is -0.0677. The van der Waals surface area contributed by atoms with E-state index in [0.29, 0.717) is 11.3 Å². The molecule has 0 saturated carbocycles. The number of nitrogens with two attached hydrogens (primary N) is 1. The number of benzene rings is 1. The number of hydrogen-bond donors (Lipinski definition) is 2. The van der Waals surface area contributed by atoms with Gasteiger partial charge in [-0.15, -0.1) is 0 Å². The molecule has 1 rings (SSSR count). The van der Waals surface area contributed by atoms with E-state index in [-0.39, 0.29) is 19.8 Å². The quantitative estimate of drug-likeness (QED) is 0.587. The number of rotatable bonds is 4. The van der Waals surface area contributed by atoms with Crippen molar-refractivity contribution in [3.8, 4) is 0 Å². The summed E-state index contributed by atoms with van der Waals surface area (Å²) in [5.41, 5.74) is 7.67. The van der Waals surface area contributed by atoms with E-state index < -0.39 is 0 Å². The second-order valence-electron chi connectivity index (χ2n) is 2.91. The second-order valence-corrected chi connectivity index (χ2v) is 2.91. The van der Waals surface area contributed by atoms with Crippen molar-refractivity contribution in [1.29, 1.82) is 0 Å². The van der Waals surface area contributed by atoms with Gasteiger partial charge >= 0.3 is 0 Å². The van der Waals surface area contributed by atoms with E-state index in [4.69, 9.17) is 10.5 Å². The van der Waals surface area contributed by atoms with E-state index in [1.54, 1.807) is 25.2 Å². The zero-order valence-corrected chi connectivity index (χ0v) is 8.33. The lowest BCUT2D eigenvalue weighted by atomic mass is 10.1. The minimum absolute atomic E-state index is 0. The lowest BCUT2D eigenvalue weighted by Gasteiger charge is -2.06. The highest BCUT2D eigenvalue weighted by atomic mass is 16.5. The molecule has 1 aromatic rings. The Kier molecular flexibility index (Phi) is 5.41. The van der Waals surface area contributed by atoms with Crippen LogP contribution in [0.3, 0.4) is 0 Å². The van der Waals surface area contributed by atoms with Gasteiger partial charge in [0.25, 0.3) is 0 Å². The standard InChI is InChI=1S/C10H14N2O2.CH4/c1-12-9-4-3-7(5-8(9)11)10(13)6-14-2;/h3-5,12H,6,11H2,1-2H3;1H4. The van der Waals surface area contributed by atoms with Gasteiger partial charge in [0.15, 0.2) is 5.78 Å². The molecular weight excluding hydrogens is 192 g/mol. The molecule has 0 spiro atoms. The van der Waals surface area contributed by atoms with Crippen LogP contribution in [0.25, 0.3) is 0 Å². The van der Waals surface area contributed by atoms with Gasteiger partial charge in [0.05, 0.1) is 11.4 Å². The maximum absolute atomic E-state index is 11.4. The van der Waals surface area contributed by atoms with Crippen LogP contribution >= 0.6 is 0 Å². The van der Waals surface area contributed by atoms with Gasteiger partial charge in [0.2, 0.25) is 0 Å². The first-order valence-corrected chi connectivity index (χ1v) is 4.28. The van der Waals surface area contributed by atoms with Crippen LogP contribution in [0.15, 0.2) is 18.2 Å². The average molecular weight is 210 g/mol. The van der Waals surface area contributed by atoms with Crippen LogP contribution in [0, 0.1) is 0 Å². The first kappa shape index (κ1) is 13.4. The Morgan fingerprint density at radius 1 is 1.53 bits per heavy atom. The molecule has 3 N–H and O–H groups in total. The third kappa shape index (κ3) is 3.25. The number of carbonyl (C=O) groups is 1. The number of hydrogen-bond acceptors (Lipinski definition) is 4. The van der Waals surface area contributed by atoms with Gasteiger partial charge in [0, 0.05) is 19.7 Å². The fourth-order valence-electron chi connectivity index (χ4n) is 1.18. The molecule has 0 heterocycles. The first-order valence-electron chi connectivity index (χ1n) is 4.28. The summed E-state index contributed by atoms with van der Waals surface area (Å²) in [7, 11) is 3.27. The fraction of sp³-hybridized carbons (Fsp3) is 0.364. The molecule has 0 unspecified atom stereocenters. The van der Waals surface area contributed by atoms with Crippen LogP contribution in [0.1, 0.15) is 17.8 Å². The van der Waals surface area contributed by atoms with Crippen LogP contribution < -0.4 is 11.1 Å². The summed E-state index contributed by atoms with van der Waals surface area (Å²) in [6, 6.07) is 5.15. The molecule has 0 radical (unpaired) electrons. The van der Waals surface area contributed by atoms with Gasteiger partial charge in [-0.1, -0.05) is 7.43 Å². The van der Waals surface area contributed by atoms with Gasteiger partial charge in [-0.25, -0.2) is 0 Å². The average Bonchev–Trinajstić information content (AvgIpc) is 2.18. The minimum Gasteiger partial charge on any atom is -0.397 e. The summed E-state index contributed by atoms with van der Waals surface area (Å²) < 4.78 is 4.75. The predicted molar refractivity (Wildman–Crippen MR) is 63.3 cm³/mol. The Hall–Kier alpha value is -1.55.